The summed E-state index contributed by atoms with van der Waals surface area (Å²) in [4.78, 5) is 10.6. The number of thioether (sulfide) groups is 2. The molecule has 1 aliphatic rings. The van der Waals surface area contributed by atoms with Gasteiger partial charge in [-0.1, -0.05) is 6.92 Å². The van der Waals surface area contributed by atoms with Crippen LogP contribution in [0.1, 0.15) is 19.8 Å². The Labute approximate surface area is 81.5 Å². The van der Waals surface area contributed by atoms with Crippen molar-refractivity contribution in [2.75, 3.05) is 11.5 Å². The molecule has 1 atom stereocenters. The van der Waals surface area contributed by atoms with E-state index in [1.54, 1.807) is 6.92 Å². The third-order valence-corrected chi connectivity index (χ3v) is 4.86. The van der Waals surface area contributed by atoms with E-state index < -0.39 is 5.97 Å². The molecule has 2 nitrogen and oxygen atoms in total. The Morgan fingerprint density at radius 3 is 2.67 bits per heavy atom. The highest BCUT2D eigenvalue weighted by Crippen LogP contribution is 2.34. The smallest absolute Gasteiger partial charge is 0.306 e. The second-order valence-corrected chi connectivity index (χ2v) is 5.92. The third-order valence-electron chi connectivity index (χ3n) is 1.86. The van der Waals surface area contributed by atoms with Crippen molar-refractivity contribution in [1.82, 2.24) is 0 Å². The lowest BCUT2D eigenvalue weighted by Crippen LogP contribution is -2.16. The quantitative estimate of drug-likeness (QED) is 0.769. The van der Waals surface area contributed by atoms with Gasteiger partial charge in [-0.3, -0.25) is 4.79 Å². The van der Waals surface area contributed by atoms with E-state index in [1.807, 2.05) is 23.5 Å². The second kappa shape index (κ2) is 5.02. The molecule has 1 heterocycles. The monoisotopic (exact) mass is 206 g/mol. The minimum Gasteiger partial charge on any atom is -0.481 e. The van der Waals surface area contributed by atoms with Gasteiger partial charge in [-0.05, 0) is 24.3 Å². The van der Waals surface area contributed by atoms with E-state index in [0.29, 0.717) is 4.58 Å². The molecule has 1 fully saturated rings. The minimum absolute atomic E-state index is 0.187. The largest absolute Gasteiger partial charge is 0.481 e. The molecule has 0 radical (unpaired) electrons. The van der Waals surface area contributed by atoms with Crippen LogP contribution in [0.2, 0.25) is 0 Å². The van der Waals surface area contributed by atoms with Gasteiger partial charge < -0.3 is 5.11 Å². The molecule has 1 N–H and O–H groups in total. The average molecular weight is 206 g/mol. The fourth-order valence-corrected chi connectivity index (χ4v) is 4.20. The fourth-order valence-electron chi connectivity index (χ4n) is 1.06. The van der Waals surface area contributed by atoms with E-state index in [4.69, 9.17) is 5.11 Å². The Hall–Kier alpha value is 0.170. The summed E-state index contributed by atoms with van der Waals surface area (Å²) >= 11 is 3.82. The maximum atomic E-state index is 10.6. The van der Waals surface area contributed by atoms with Gasteiger partial charge in [0.15, 0.2) is 0 Å². The van der Waals surface area contributed by atoms with Crippen LogP contribution in [0.3, 0.4) is 0 Å². The highest BCUT2D eigenvalue weighted by Gasteiger charge is 2.20. The average Bonchev–Trinajstić information content (AvgIpc) is 2.06. The molecule has 0 unspecified atom stereocenters. The van der Waals surface area contributed by atoms with Gasteiger partial charge in [0, 0.05) is 0 Å². The van der Waals surface area contributed by atoms with Crippen molar-refractivity contribution < 1.29 is 9.90 Å². The number of hydrogen-bond donors (Lipinski definition) is 1. The lowest BCUT2D eigenvalue weighted by atomic mass is 10.1. The van der Waals surface area contributed by atoms with Crippen molar-refractivity contribution in [3.05, 3.63) is 0 Å². The van der Waals surface area contributed by atoms with Crippen molar-refractivity contribution in [3.8, 4) is 0 Å². The van der Waals surface area contributed by atoms with Crippen molar-refractivity contribution in [2.45, 2.75) is 24.3 Å². The Kier molecular flexibility index (Phi) is 4.29. The first-order chi connectivity index (χ1) is 5.70. The zero-order valence-electron chi connectivity index (χ0n) is 7.16. The molecule has 0 aromatic carbocycles. The zero-order chi connectivity index (χ0) is 8.97. The Balaban J connectivity index is 2.24. The Bertz CT molecular complexity index is 155. The molecular formula is C8H14O2S2. The minimum atomic E-state index is -0.665. The van der Waals surface area contributed by atoms with Crippen LogP contribution in [0.5, 0.6) is 0 Å². The molecule has 70 valence electrons. The van der Waals surface area contributed by atoms with E-state index in [2.05, 4.69) is 0 Å². The molecule has 1 aliphatic heterocycles. The molecule has 0 aliphatic carbocycles. The normalized spacial score (nSPS) is 22.1. The fraction of sp³-hybridized carbons (Fsp3) is 0.875. The van der Waals surface area contributed by atoms with Crippen molar-refractivity contribution in [2.24, 2.45) is 5.92 Å². The SMILES string of the molecule is C[C@@H](CC1SCCCS1)C(=O)O. The van der Waals surface area contributed by atoms with Crippen LogP contribution < -0.4 is 0 Å². The number of carboxylic acid groups (broad SMARTS) is 1. The summed E-state index contributed by atoms with van der Waals surface area (Å²) in [5.74, 6) is 1.54. The van der Waals surface area contributed by atoms with E-state index in [0.717, 1.165) is 6.42 Å². The highest BCUT2D eigenvalue weighted by atomic mass is 32.2. The predicted octanol–water partition coefficient (Wildman–Crippen LogP) is 2.29. The van der Waals surface area contributed by atoms with E-state index >= 15 is 0 Å². The first-order valence-electron chi connectivity index (χ1n) is 4.16. The van der Waals surface area contributed by atoms with Gasteiger partial charge in [-0.2, -0.15) is 0 Å². The van der Waals surface area contributed by atoms with Gasteiger partial charge >= 0.3 is 5.97 Å². The van der Waals surface area contributed by atoms with Crippen LogP contribution in [0.4, 0.5) is 0 Å². The van der Waals surface area contributed by atoms with Crippen LogP contribution in [0.25, 0.3) is 0 Å². The first-order valence-corrected chi connectivity index (χ1v) is 6.26. The first kappa shape index (κ1) is 10.3. The Morgan fingerprint density at radius 1 is 1.58 bits per heavy atom. The van der Waals surface area contributed by atoms with Crippen LogP contribution in [0.15, 0.2) is 0 Å². The van der Waals surface area contributed by atoms with Crippen LogP contribution in [-0.2, 0) is 4.79 Å². The molecule has 0 aromatic rings. The maximum Gasteiger partial charge on any atom is 0.306 e. The molecule has 4 heteroatoms. The van der Waals surface area contributed by atoms with E-state index in [9.17, 15) is 4.79 Å². The van der Waals surface area contributed by atoms with Crippen LogP contribution >= 0.6 is 23.5 Å². The van der Waals surface area contributed by atoms with Crippen LogP contribution in [0, 0.1) is 5.92 Å². The number of hydrogen-bond acceptors (Lipinski definition) is 3. The van der Waals surface area contributed by atoms with Gasteiger partial charge in [0.25, 0.3) is 0 Å². The summed E-state index contributed by atoms with van der Waals surface area (Å²) < 4.78 is 0.518. The standard InChI is InChI=1S/C8H14O2S2/c1-6(8(9)10)5-7-11-3-2-4-12-7/h6-7H,2-5H2,1H3,(H,9,10)/t6-/m0/s1. The predicted molar refractivity (Wildman–Crippen MR) is 54.7 cm³/mol. The molecule has 0 aromatic heterocycles. The molecule has 1 rings (SSSR count). The highest BCUT2D eigenvalue weighted by molar-refractivity contribution is 8.17. The summed E-state index contributed by atoms with van der Waals surface area (Å²) in [7, 11) is 0. The van der Waals surface area contributed by atoms with Gasteiger partial charge in [-0.15, -0.1) is 23.5 Å². The van der Waals surface area contributed by atoms with E-state index in [-0.39, 0.29) is 5.92 Å². The zero-order valence-corrected chi connectivity index (χ0v) is 8.79. The summed E-state index contributed by atoms with van der Waals surface area (Å²) in [6.07, 6.45) is 2.08. The summed E-state index contributed by atoms with van der Waals surface area (Å²) in [6, 6.07) is 0. The Morgan fingerprint density at radius 2 is 2.17 bits per heavy atom. The maximum absolute atomic E-state index is 10.6. The lowest BCUT2D eigenvalue weighted by Gasteiger charge is -2.22. The summed E-state index contributed by atoms with van der Waals surface area (Å²) in [6.45, 7) is 1.79. The molecule has 0 saturated carbocycles. The van der Waals surface area contributed by atoms with Crippen molar-refractivity contribution in [3.63, 3.8) is 0 Å². The second-order valence-electron chi connectivity index (χ2n) is 3.00. The lowest BCUT2D eigenvalue weighted by molar-refractivity contribution is -0.141. The molecule has 0 spiro atoms. The molecular weight excluding hydrogens is 192 g/mol. The van der Waals surface area contributed by atoms with Gasteiger partial charge in [-0.25, -0.2) is 0 Å². The number of rotatable bonds is 3. The molecule has 12 heavy (non-hydrogen) atoms. The third kappa shape index (κ3) is 3.27. The number of carboxylic acids is 1. The van der Waals surface area contributed by atoms with E-state index in [1.165, 1.54) is 17.9 Å². The molecule has 0 amide bonds. The van der Waals surface area contributed by atoms with Gasteiger partial charge in [0.05, 0.1) is 10.5 Å². The van der Waals surface area contributed by atoms with Gasteiger partial charge in [0.2, 0.25) is 0 Å². The summed E-state index contributed by atoms with van der Waals surface area (Å²) in [5, 5.41) is 8.69. The summed E-state index contributed by atoms with van der Waals surface area (Å²) in [5.41, 5.74) is 0. The molecule has 0 bridgehead atoms. The number of carbonyl (C=O) groups is 1. The van der Waals surface area contributed by atoms with Gasteiger partial charge in [0.1, 0.15) is 0 Å². The van der Waals surface area contributed by atoms with Crippen molar-refractivity contribution >= 4 is 29.5 Å². The topological polar surface area (TPSA) is 37.3 Å². The number of aliphatic carboxylic acids is 1. The van der Waals surface area contributed by atoms with Crippen LogP contribution in [-0.4, -0.2) is 27.2 Å². The van der Waals surface area contributed by atoms with Crippen molar-refractivity contribution in [1.29, 1.82) is 0 Å². The molecule has 1 saturated heterocycles.